The van der Waals surface area contributed by atoms with E-state index in [4.69, 9.17) is 23.2 Å². The monoisotopic (exact) mass is 816 g/mol. The molecule has 0 aliphatic heterocycles. The van der Waals surface area contributed by atoms with Gasteiger partial charge in [-0.15, -0.1) is 0 Å². The van der Waals surface area contributed by atoms with Crippen LogP contribution in [0.15, 0.2) is 207 Å². The highest BCUT2D eigenvalue weighted by Gasteiger charge is 2.51. The molecule has 2 aliphatic carbocycles. The molecule has 9 aromatic carbocycles. The summed E-state index contributed by atoms with van der Waals surface area (Å²) >= 11 is 0. The maximum absolute atomic E-state index is 6.90. The second-order valence-electron chi connectivity index (χ2n) is 17.1. The van der Waals surface area contributed by atoms with Crippen molar-refractivity contribution >= 4 is 65.9 Å². The Kier molecular flexibility index (Phi) is 6.56. The molecule has 0 bridgehead atoms. The molecular weight excluding hydrogens is 785 g/mol. The quantitative estimate of drug-likeness (QED) is 0.178. The standard InChI is InChI=1S/C59H32N2O3/c1-6-20-44-35(13-1)36-14-2-7-21-45(36)59(44)46-22-8-3-15-37(46)38-29-27-34(32-47(38)59)33-28-30-50-43(31-33)56-57(64-50)55(41-18-11-25-51-53(41)39-16-4-9-23-48(39)62-51)60-58(61-56)42-19-12-26-52-54(42)40-17-5-10-24-49(40)63-52/h1-32H. The van der Waals surface area contributed by atoms with Crippen molar-refractivity contribution < 1.29 is 13.3 Å². The number of rotatable bonds is 3. The van der Waals surface area contributed by atoms with Gasteiger partial charge < -0.3 is 13.3 Å². The molecule has 13 aromatic rings. The van der Waals surface area contributed by atoms with E-state index in [0.717, 1.165) is 82.6 Å². The second-order valence-corrected chi connectivity index (χ2v) is 17.1. The Bertz CT molecular complexity index is 4100. The summed E-state index contributed by atoms with van der Waals surface area (Å²) in [7, 11) is 0. The Morgan fingerprint density at radius 2 is 0.812 bits per heavy atom. The van der Waals surface area contributed by atoms with Crippen LogP contribution in [0.3, 0.4) is 0 Å². The van der Waals surface area contributed by atoms with Crippen molar-refractivity contribution in [3.63, 3.8) is 0 Å². The van der Waals surface area contributed by atoms with E-state index >= 15 is 0 Å². The zero-order chi connectivity index (χ0) is 41.7. The number of benzene rings is 9. The van der Waals surface area contributed by atoms with Gasteiger partial charge in [0.2, 0.25) is 0 Å². The first kappa shape index (κ1) is 34.1. The molecule has 5 heteroatoms. The number of fused-ring (bicyclic) bond motifs is 19. The molecular formula is C59H32N2O3. The minimum absolute atomic E-state index is 0.435. The summed E-state index contributed by atoms with van der Waals surface area (Å²) in [4.78, 5) is 10.9. The summed E-state index contributed by atoms with van der Waals surface area (Å²) in [6, 6.07) is 69.0. The van der Waals surface area contributed by atoms with Gasteiger partial charge >= 0.3 is 0 Å². The van der Waals surface area contributed by atoms with E-state index in [1.807, 2.05) is 60.7 Å². The van der Waals surface area contributed by atoms with Crippen molar-refractivity contribution in [1.29, 1.82) is 0 Å². The van der Waals surface area contributed by atoms with Crippen molar-refractivity contribution in [2.24, 2.45) is 0 Å². The Balaban J connectivity index is 0.993. The van der Waals surface area contributed by atoms with Crippen molar-refractivity contribution in [2.75, 3.05) is 0 Å². The number of para-hydroxylation sites is 2. The first-order chi connectivity index (χ1) is 31.7. The number of aromatic nitrogens is 2. The lowest BCUT2D eigenvalue weighted by molar-refractivity contribution is 0.667. The van der Waals surface area contributed by atoms with Crippen LogP contribution in [0.1, 0.15) is 22.3 Å². The van der Waals surface area contributed by atoms with E-state index in [1.165, 1.54) is 44.5 Å². The van der Waals surface area contributed by atoms with Gasteiger partial charge in [-0.1, -0.05) is 152 Å². The first-order valence-corrected chi connectivity index (χ1v) is 21.7. The zero-order valence-corrected chi connectivity index (χ0v) is 34.1. The summed E-state index contributed by atoms with van der Waals surface area (Å²) in [5, 5.41) is 4.92. The van der Waals surface area contributed by atoms with E-state index in [1.54, 1.807) is 0 Å². The van der Waals surface area contributed by atoms with Crippen molar-refractivity contribution in [1.82, 2.24) is 9.97 Å². The third-order valence-electron chi connectivity index (χ3n) is 13.9. The zero-order valence-electron chi connectivity index (χ0n) is 34.1. The van der Waals surface area contributed by atoms with Crippen LogP contribution in [-0.4, -0.2) is 9.97 Å². The van der Waals surface area contributed by atoms with Gasteiger partial charge in [-0.2, -0.15) is 0 Å². The highest BCUT2D eigenvalue weighted by molar-refractivity contribution is 6.17. The average Bonchev–Trinajstić information content (AvgIpc) is 4.16. The highest BCUT2D eigenvalue weighted by atomic mass is 16.3. The number of furan rings is 3. The summed E-state index contributed by atoms with van der Waals surface area (Å²) in [5.74, 6) is 0.591. The van der Waals surface area contributed by atoms with Gasteiger partial charge in [-0.25, -0.2) is 9.97 Å². The van der Waals surface area contributed by atoms with Crippen LogP contribution >= 0.6 is 0 Å². The third kappa shape index (κ3) is 4.32. The predicted octanol–water partition coefficient (Wildman–Crippen LogP) is 15.5. The number of nitrogens with zero attached hydrogens (tertiary/aromatic N) is 2. The van der Waals surface area contributed by atoms with Crippen LogP contribution in [0, 0.1) is 0 Å². The minimum atomic E-state index is -0.435. The molecule has 296 valence electrons. The molecule has 5 nitrogen and oxygen atoms in total. The molecule has 0 unspecified atom stereocenters. The molecule has 64 heavy (non-hydrogen) atoms. The lowest BCUT2D eigenvalue weighted by Crippen LogP contribution is -2.25. The first-order valence-electron chi connectivity index (χ1n) is 21.7. The fourth-order valence-electron chi connectivity index (χ4n) is 11.3. The van der Waals surface area contributed by atoms with Gasteiger partial charge in [0, 0.05) is 38.1 Å². The number of hydrogen-bond donors (Lipinski definition) is 0. The Labute approximate surface area is 365 Å². The minimum Gasteiger partial charge on any atom is -0.456 e. The van der Waals surface area contributed by atoms with E-state index in [0.29, 0.717) is 17.1 Å². The van der Waals surface area contributed by atoms with Crippen LogP contribution in [0.5, 0.6) is 0 Å². The molecule has 0 fully saturated rings. The molecule has 0 radical (unpaired) electrons. The fraction of sp³-hybridized carbons (Fsp3) is 0.0169. The van der Waals surface area contributed by atoms with Crippen LogP contribution in [0.2, 0.25) is 0 Å². The van der Waals surface area contributed by atoms with Gasteiger partial charge in [0.15, 0.2) is 11.4 Å². The molecule has 2 aliphatic rings. The van der Waals surface area contributed by atoms with Crippen LogP contribution in [0.25, 0.3) is 122 Å². The maximum atomic E-state index is 6.90. The van der Waals surface area contributed by atoms with Crippen LogP contribution < -0.4 is 0 Å². The Morgan fingerprint density at radius 3 is 1.47 bits per heavy atom. The summed E-state index contributed by atoms with van der Waals surface area (Å²) in [6.07, 6.45) is 0. The van der Waals surface area contributed by atoms with Gasteiger partial charge in [0.25, 0.3) is 0 Å². The predicted molar refractivity (Wildman–Crippen MR) is 256 cm³/mol. The SMILES string of the molecule is c1ccc2c(c1)-c1ccccc1C21c2ccccc2-c2ccc(-c3ccc4oc5c(-c6cccc7oc8ccccc8c67)nc(-c6cccc7oc8ccccc8c67)nc5c4c3)cc21. The second kappa shape index (κ2) is 12.3. The largest absolute Gasteiger partial charge is 0.456 e. The molecule has 0 N–H and O–H groups in total. The molecule has 0 saturated carbocycles. The lowest BCUT2D eigenvalue weighted by atomic mass is 9.70. The number of hydrogen-bond acceptors (Lipinski definition) is 5. The van der Waals surface area contributed by atoms with Gasteiger partial charge in [0.1, 0.15) is 39.1 Å². The molecule has 0 saturated heterocycles. The fourth-order valence-corrected chi connectivity index (χ4v) is 11.3. The molecule has 4 heterocycles. The summed E-state index contributed by atoms with van der Waals surface area (Å²) in [6.45, 7) is 0. The average molecular weight is 817 g/mol. The highest BCUT2D eigenvalue weighted by Crippen LogP contribution is 2.63. The Hall–Kier alpha value is -8.54. The van der Waals surface area contributed by atoms with Crippen LogP contribution in [-0.2, 0) is 5.41 Å². The van der Waals surface area contributed by atoms with Crippen molar-refractivity contribution in [3.05, 3.63) is 216 Å². The van der Waals surface area contributed by atoms with Gasteiger partial charge in [0.05, 0.1) is 5.41 Å². The Morgan fingerprint density at radius 1 is 0.328 bits per heavy atom. The van der Waals surface area contributed by atoms with Crippen molar-refractivity contribution in [3.8, 4) is 56.0 Å². The smallest absolute Gasteiger partial charge is 0.180 e. The van der Waals surface area contributed by atoms with Crippen molar-refractivity contribution in [2.45, 2.75) is 5.41 Å². The molecule has 4 aromatic heterocycles. The molecule has 0 amide bonds. The lowest BCUT2D eigenvalue weighted by Gasteiger charge is -2.30. The molecule has 0 atom stereocenters. The molecule has 1 spiro atoms. The summed E-state index contributed by atoms with van der Waals surface area (Å²) < 4.78 is 19.7. The molecule has 15 rings (SSSR count). The topological polar surface area (TPSA) is 65.2 Å². The van der Waals surface area contributed by atoms with Gasteiger partial charge in [-0.3, -0.25) is 0 Å². The summed E-state index contributed by atoms with van der Waals surface area (Å²) in [5.41, 5.74) is 20.0. The van der Waals surface area contributed by atoms with E-state index in [2.05, 4.69) is 133 Å². The van der Waals surface area contributed by atoms with E-state index in [9.17, 15) is 0 Å². The van der Waals surface area contributed by atoms with E-state index in [-0.39, 0.29) is 0 Å². The third-order valence-corrected chi connectivity index (χ3v) is 13.9. The maximum Gasteiger partial charge on any atom is 0.180 e. The van der Waals surface area contributed by atoms with E-state index < -0.39 is 5.41 Å². The normalized spacial score (nSPS) is 13.4. The van der Waals surface area contributed by atoms with Crippen LogP contribution in [0.4, 0.5) is 0 Å². The van der Waals surface area contributed by atoms with Gasteiger partial charge in [-0.05, 0) is 98.1 Å².